The van der Waals surface area contributed by atoms with Crippen LogP contribution in [0.5, 0.6) is 11.5 Å². The lowest BCUT2D eigenvalue weighted by atomic mass is 10.0. The molecule has 1 aromatic carbocycles. The van der Waals surface area contributed by atoms with Gasteiger partial charge in [-0.3, -0.25) is 4.79 Å². The Labute approximate surface area is 145 Å². The van der Waals surface area contributed by atoms with Gasteiger partial charge in [0.1, 0.15) is 10.7 Å². The third-order valence-corrected chi connectivity index (χ3v) is 4.62. The number of nitrogens with zero attached hydrogens (tertiary/aromatic N) is 1. The highest BCUT2D eigenvalue weighted by Crippen LogP contribution is 2.36. The van der Waals surface area contributed by atoms with Crippen LogP contribution in [0.1, 0.15) is 30.8 Å². The molecule has 0 bridgehead atoms. The summed E-state index contributed by atoms with van der Waals surface area (Å²) in [5.41, 5.74) is 7.05. The Bertz CT molecular complexity index is 730. The number of ether oxygens (including phenoxy) is 2. The van der Waals surface area contributed by atoms with Crippen molar-refractivity contribution in [2.45, 2.75) is 26.3 Å². The number of hydrogen-bond acceptors (Lipinski definition) is 6. The van der Waals surface area contributed by atoms with Gasteiger partial charge in [-0.05, 0) is 30.5 Å². The van der Waals surface area contributed by atoms with Crippen LogP contribution >= 0.6 is 11.3 Å². The molecule has 0 spiro atoms. The molecule has 3 N–H and O–H groups in total. The first-order chi connectivity index (χ1) is 11.6. The van der Waals surface area contributed by atoms with Gasteiger partial charge in [-0.2, -0.15) is 0 Å². The summed E-state index contributed by atoms with van der Waals surface area (Å²) < 4.78 is 10.7. The van der Waals surface area contributed by atoms with E-state index in [1.165, 1.54) is 11.3 Å². The van der Waals surface area contributed by atoms with Gasteiger partial charge in [0.15, 0.2) is 11.5 Å². The number of fused-ring (bicyclic) bond motifs is 1. The van der Waals surface area contributed by atoms with Crippen LogP contribution in [-0.2, 0) is 0 Å². The molecule has 24 heavy (non-hydrogen) atoms. The van der Waals surface area contributed by atoms with E-state index in [1.807, 2.05) is 18.2 Å². The van der Waals surface area contributed by atoms with Crippen molar-refractivity contribution in [3.8, 4) is 22.1 Å². The van der Waals surface area contributed by atoms with Crippen LogP contribution in [0, 0.1) is 5.92 Å². The smallest absolute Gasteiger partial charge is 0.271 e. The Morgan fingerprint density at radius 1 is 1.38 bits per heavy atom. The van der Waals surface area contributed by atoms with Gasteiger partial charge in [-0.15, -0.1) is 11.3 Å². The summed E-state index contributed by atoms with van der Waals surface area (Å²) in [4.78, 5) is 16.8. The molecule has 0 fully saturated rings. The van der Waals surface area contributed by atoms with Gasteiger partial charge in [-0.1, -0.05) is 13.8 Å². The molecule has 1 atom stereocenters. The van der Waals surface area contributed by atoms with E-state index in [-0.39, 0.29) is 18.7 Å². The Kier molecular flexibility index (Phi) is 5.01. The average Bonchev–Trinajstić information content (AvgIpc) is 3.21. The van der Waals surface area contributed by atoms with Crippen molar-refractivity contribution in [1.82, 2.24) is 10.3 Å². The number of thiazole rings is 1. The zero-order chi connectivity index (χ0) is 17.1. The summed E-state index contributed by atoms with van der Waals surface area (Å²) in [6, 6.07) is 5.61. The van der Waals surface area contributed by atoms with E-state index in [2.05, 4.69) is 24.1 Å². The summed E-state index contributed by atoms with van der Waals surface area (Å²) in [6.45, 7) is 4.87. The van der Waals surface area contributed by atoms with Gasteiger partial charge in [-0.25, -0.2) is 4.98 Å². The minimum absolute atomic E-state index is 0.0341. The van der Waals surface area contributed by atoms with Crippen LogP contribution in [0.15, 0.2) is 23.6 Å². The molecular weight excluding hydrogens is 326 g/mol. The summed E-state index contributed by atoms with van der Waals surface area (Å²) in [7, 11) is 0. The van der Waals surface area contributed by atoms with E-state index in [1.54, 1.807) is 5.38 Å². The monoisotopic (exact) mass is 347 g/mol. The molecule has 1 aliphatic heterocycles. The highest BCUT2D eigenvalue weighted by atomic mass is 32.1. The summed E-state index contributed by atoms with van der Waals surface area (Å²) in [5, 5.41) is 5.49. The molecule has 3 rings (SSSR count). The van der Waals surface area contributed by atoms with Gasteiger partial charge in [0, 0.05) is 23.5 Å². The molecule has 1 aliphatic rings. The fourth-order valence-electron chi connectivity index (χ4n) is 2.58. The van der Waals surface area contributed by atoms with Crippen LogP contribution in [-0.4, -0.2) is 30.3 Å². The van der Waals surface area contributed by atoms with Gasteiger partial charge in [0.2, 0.25) is 6.79 Å². The van der Waals surface area contributed by atoms with Crippen molar-refractivity contribution >= 4 is 17.2 Å². The largest absolute Gasteiger partial charge is 0.454 e. The Morgan fingerprint density at radius 2 is 2.17 bits per heavy atom. The number of nitrogens with one attached hydrogen (secondary N) is 1. The summed E-state index contributed by atoms with van der Waals surface area (Å²) in [5.74, 6) is 1.72. The number of hydrogen-bond donors (Lipinski definition) is 2. The standard InChI is InChI=1S/C17H21N3O3S/c1-10(2)5-12(7-18)19-16(21)13-8-24-17(20-13)11-3-4-14-15(6-11)23-9-22-14/h3-4,6,8,10,12H,5,7,9,18H2,1-2H3,(H,19,21). The first-order valence-corrected chi connectivity index (χ1v) is 8.81. The van der Waals surface area contributed by atoms with Gasteiger partial charge >= 0.3 is 0 Å². The molecule has 6 nitrogen and oxygen atoms in total. The third kappa shape index (κ3) is 3.68. The quantitative estimate of drug-likeness (QED) is 0.839. The zero-order valence-electron chi connectivity index (χ0n) is 13.7. The third-order valence-electron chi connectivity index (χ3n) is 3.73. The zero-order valence-corrected chi connectivity index (χ0v) is 14.6. The molecular formula is C17H21N3O3S. The van der Waals surface area contributed by atoms with Gasteiger partial charge < -0.3 is 20.5 Å². The van der Waals surface area contributed by atoms with Crippen molar-refractivity contribution < 1.29 is 14.3 Å². The lowest BCUT2D eigenvalue weighted by Crippen LogP contribution is -2.41. The molecule has 0 saturated carbocycles. The fraction of sp³-hybridized carbons (Fsp3) is 0.412. The van der Waals surface area contributed by atoms with Crippen LogP contribution in [0.25, 0.3) is 10.6 Å². The summed E-state index contributed by atoms with van der Waals surface area (Å²) in [6.07, 6.45) is 0.849. The first kappa shape index (κ1) is 16.7. The molecule has 2 aromatic rings. The molecule has 1 unspecified atom stereocenters. The van der Waals surface area contributed by atoms with Crippen molar-refractivity contribution in [3.05, 3.63) is 29.3 Å². The average molecular weight is 347 g/mol. The highest BCUT2D eigenvalue weighted by molar-refractivity contribution is 7.13. The lowest BCUT2D eigenvalue weighted by Gasteiger charge is -2.18. The van der Waals surface area contributed by atoms with Gasteiger partial charge in [0.25, 0.3) is 5.91 Å². The Morgan fingerprint density at radius 3 is 2.92 bits per heavy atom. The van der Waals surface area contributed by atoms with Crippen molar-refractivity contribution in [2.24, 2.45) is 11.7 Å². The molecule has 128 valence electrons. The maximum absolute atomic E-state index is 12.4. The molecule has 0 aliphatic carbocycles. The SMILES string of the molecule is CC(C)CC(CN)NC(=O)c1csc(-c2ccc3c(c2)OCO3)n1. The minimum atomic E-state index is -0.186. The predicted molar refractivity (Wildman–Crippen MR) is 93.4 cm³/mol. The van der Waals surface area contributed by atoms with E-state index in [9.17, 15) is 4.79 Å². The van der Waals surface area contributed by atoms with Crippen LogP contribution < -0.4 is 20.5 Å². The number of carbonyl (C=O) groups is 1. The summed E-state index contributed by atoms with van der Waals surface area (Å²) >= 11 is 1.43. The van der Waals surface area contributed by atoms with Crippen LogP contribution in [0.4, 0.5) is 0 Å². The van der Waals surface area contributed by atoms with E-state index in [0.29, 0.717) is 23.9 Å². The van der Waals surface area contributed by atoms with Crippen molar-refractivity contribution in [1.29, 1.82) is 0 Å². The topological polar surface area (TPSA) is 86.5 Å². The number of benzene rings is 1. The molecule has 1 amide bonds. The second-order valence-electron chi connectivity index (χ2n) is 6.14. The molecule has 1 aromatic heterocycles. The normalized spacial score (nSPS) is 14.0. The predicted octanol–water partition coefficient (Wildman–Crippen LogP) is 2.64. The minimum Gasteiger partial charge on any atom is -0.454 e. The number of nitrogens with two attached hydrogens (primary N) is 1. The first-order valence-electron chi connectivity index (χ1n) is 7.93. The second-order valence-corrected chi connectivity index (χ2v) is 7.00. The van der Waals surface area contributed by atoms with E-state index in [4.69, 9.17) is 15.2 Å². The van der Waals surface area contributed by atoms with Crippen LogP contribution in [0.3, 0.4) is 0 Å². The van der Waals surface area contributed by atoms with Gasteiger partial charge in [0.05, 0.1) is 0 Å². The molecule has 0 radical (unpaired) electrons. The van der Waals surface area contributed by atoms with E-state index >= 15 is 0 Å². The highest BCUT2D eigenvalue weighted by Gasteiger charge is 2.18. The van der Waals surface area contributed by atoms with Crippen molar-refractivity contribution in [2.75, 3.05) is 13.3 Å². The van der Waals surface area contributed by atoms with E-state index < -0.39 is 0 Å². The second kappa shape index (κ2) is 7.19. The maximum Gasteiger partial charge on any atom is 0.271 e. The number of aromatic nitrogens is 1. The van der Waals surface area contributed by atoms with E-state index in [0.717, 1.165) is 22.7 Å². The number of rotatable bonds is 6. The van der Waals surface area contributed by atoms with Crippen molar-refractivity contribution in [3.63, 3.8) is 0 Å². The lowest BCUT2D eigenvalue weighted by molar-refractivity contribution is 0.0929. The molecule has 7 heteroatoms. The maximum atomic E-state index is 12.4. The molecule has 0 saturated heterocycles. The van der Waals surface area contributed by atoms with Crippen LogP contribution in [0.2, 0.25) is 0 Å². The number of amides is 1. The molecule has 2 heterocycles. The Balaban J connectivity index is 1.72. The Hall–Kier alpha value is -2.12. The number of carbonyl (C=O) groups excluding carboxylic acids is 1. The fourth-order valence-corrected chi connectivity index (χ4v) is 3.38.